The van der Waals surface area contributed by atoms with Crippen molar-refractivity contribution in [3.05, 3.63) is 65.8 Å². The van der Waals surface area contributed by atoms with Crippen LogP contribution < -0.4 is 5.32 Å². The minimum atomic E-state index is -0.464. The van der Waals surface area contributed by atoms with Crippen molar-refractivity contribution in [2.24, 2.45) is 17.3 Å². The van der Waals surface area contributed by atoms with E-state index in [9.17, 15) is 14.9 Å². The van der Waals surface area contributed by atoms with Gasteiger partial charge in [-0.3, -0.25) is 9.48 Å². The third kappa shape index (κ3) is 4.74. The van der Waals surface area contributed by atoms with Crippen molar-refractivity contribution in [1.29, 1.82) is 0 Å². The van der Waals surface area contributed by atoms with E-state index < -0.39 is 4.92 Å². The molecule has 1 aromatic carbocycles. The lowest BCUT2D eigenvalue weighted by Gasteiger charge is -2.61. The topological polar surface area (TPSA) is 108 Å². The molecule has 1 N–H and O–H groups in total. The molecule has 0 saturated heterocycles. The summed E-state index contributed by atoms with van der Waals surface area (Å²) >= 11 is 22.0. The van der Waals surface area contributed by atoms with Gasteiger partial charge in [-0.25, -0.2) is 0 Å². The highest BCUT2D eigenvalue weighted by molar-refractivity contribution is 9.10. The van der Waals surface area contributed by atoms with Gasteiger partial charge >= 0.3 is 5.82 Å². The standard InChI is InChI=1S/C25H24BrCl3N6O3/c26-18-11-34(32-23(18)35(37)38)25-7-14-3-15(8-25)6-24(5-14,13-25)9-21(36)30-22-20(29)12-33(31-22)10-16-1-2-17(27)4-19(16)28/h1-2,4,11-12,14-15H,3,5-10,13H2,(H,30,31,36). The number of anilines is 1. The van der Waals surface area contributed by atoms with Gasteiger partial charge in [0.2, 0.25) is 5.91 Å². The highest BCUT2D eigenvalue weighted by Gasteiger charge is 2.60. The summed E-state index contributed by atoms with van der Waals surface area (Å²) in [5, 5.41) is 24.6. The van der Waals surface area contributed by atoms with Crippen molar-refractivity contribution in [2.45, 2.75) is 57.0 Å². The molecule has 4 fully saturated rings. The SMILES string of the molecule is O=C(CC12CC3CC(C1)CC(n1cc(Br)c([N+](=O)[O-])n1)(C3)C2)Nc1nn(Cc2ccc(Cl)cc2Cl)cc1Cl. The summed E-state index contributed by atoms with van der Waals surface area (Å²) in [4.78, 5) is 24.3. The average molecular weight is 643 g/mol. The van der Waals surface area contributed by atoms with E-state index in [2.05, 4.69) is 31.4 Å². The second kappa shape index (κ2) is 9.50. The van der Waals surface area contributed by atoms with Crippen molar-refractivity contribution in [3.8, 4) is 0 Å². The Balaban J connectivity index is 1.19. The summed E-state index contributed by atoms with van der Waals surface area (Å²) in [6, 6.07) is 5.26. The molecule has 4 bridgehead atoms. The van der Waals surface area contributed by atoms with Gasteiger partial charge in [-0.05, 0) is 94.3 Å². The first-order valence-electron chi connectivity index (χ1n) is 12.4. The normalized spacial score (nSPS) is 27.6. The van der Waals surface area contributed by atoms with Gasteiger partial charge in [0.05, 0.1) is 23.4 Å². The highest BCUT2D eigenvalue weighted by Crippen LogP contribution is 2.65. The van der Waals surface area contributed by atoms with E-state index >= 15 is 0 Å². The summed E-state index contributed by atoms with van der Waals surface area (Å²) in [5.41, 5.74) is 0.336. The van der Waals surface area contributed by atoms with E-state index in [0.717, 1.165) is 44.1 Å². The molecule has 4 aliphatic carbocycles. The number of nitrogens with one attached hydrogen (secondary N) is 1. The van der Waals surface area contributed by atoms with Gasteiger partial charge in [0.1, 0.15) is 9.50 Å². The molecule has 200 valence electrons. The van der Waals surface area contributed by atoms with Gasteiger partial charge in [-0.15, -0.1) is 0 Å². The Labute approximate surface area is 242 Å². The molecule has 4 aliphatic rings. The number of halogens is 4. The molecule has 0 aliphatic heterocycles. The van der Waals surface area contributed by atoms with E-state index in [1.807, 2.05) is 6.07 Å². The number of hydrogen-bond acceptors (Lipinski definition) is 5. The fraction of sp³-hybridized carbons (Fsp3) is 0.480. The van der Waals surface area contributed by atoms with Crippen LogP contribution in [0.2, 0.25) is 15.1 Å². The van der Waals surface area contributed by atoms with Crippen LogP contribution in [0, 0.1) is 27.4 Å². The van der Waals surface area contributed by atoms with E-state index in [-0.39, 0.29) is 22.7 Å². The smallest absolute Gasteiger partial charge is 0.358 e. The second-order valence-corrected chi connectivity index (χ2v) is 13.3. The zero-order valence-electron chi connectivity index (χ0n) is 20.2. The zero-order chi connectivity index (χ0) is 26.8. The second-order valence-electron chi connectivity index (χ2n) is 11.2. The summed E-state index contributed by atoms with van der Waals surface area (Å²) in [5.74, 6) is 0.952. The third-order valence-corrected chi connectivity index (χ3v) is 9.74. The maximum Gasteiger partial charge on any atom is 0.404 e. The quantitative estimate of drug-likeness (QED) is 0.219. The Morgan fingerprint density at radius 3 is 2.53 bits per heavy atom. The summed E-state index contributed by atoms with van der Waals surface area (Å²) in [7, 11) is 0. The lowest BCUT2D eigenvalue weighted by Crippen LogP contribution is -2.57. The van der Waals surface area contributed by atoms with Crippen LogP contribution >= 0.6 is 50.7 Å². The number of aromatic nitrogens is 4. The van der Waals surface area contributed by atoms with Crippen LogP contribution in [-0.4, -0.2) is 30.4 Å². The van der Waals surface area contributed by atoms with Gasteiger partial charge in [0, 0.05) is 22.7 Å². The van der Waals surface area contributed by atoms with Crippen molar-refractivity contribution < 1.29 is 9.72 Å². The lowest BCUT2D eigenvalue weighted by atomic mass is 9.46. The van der Waals surface area contributed by atoms with Crippen LogP contribution in [-0.2, 0) is 16.9 Å². The number of nitrogens with zero attached hydrogens (tertiary/aromatic N) is 5. The van der Waals surface area contributed by atoms with E-state index in [1.54, 1.807) is 33.9 Å². The van der Waals surface area contributed by atoms with Crippen LogP contribution in [0.25, 0.3) is 0 Å². The number of carbonyl (C=O) groups is 1. The first kappa shape index (κ1) is 26.1. The summed E-state index contributed by atoms with van der Waals surface area (Å²) in [6.07, 6.45) is 9.45. The fourth-order valence-electron chi connectivity index (χ4n) is 7.49. The summed E-state index contributed by atoms with van der Waals surface area (Å²) < 4.78 is 3.82. The molecule has 4 saturated carbocycles. The minimum Gasteiger partial charge on any atom is -0.358 e. The molecule has 0 spiro atoms. The van der Waals surface area contributed by atoms with Crippen molar-refractivity contribution in [3.63, 3.8) is 0 Å². The Bertz CT molecular complexity index is 1440. The maximum atomic E-state index is 13.3. The Kier molecular flexibility index (Phi) is 6.53. The van der Waals surface area contributed by atoms with E-state index in [0.29, 0.717) is 50.2 Å². The third-order valence-electron chi connectivity index (χ3n) is 8.32. The summed E-state index contributed by atoms with van der Waals surface area (Å²) in [6.45, 7) is 0.382. The van der Waals surface area contributed by atoms with E-state index in [1.165, 1.54) is 0 Å². The van der Waals surface area contributed by atoms with Crippen LogP contribution in [0.4, 0.5) is 11.6 Å². The number of nitro groups is 1. The van der Waals surface area contributed by atoms with Gasteiger partial charge in [-0.2, -0.15) is 9.78 Å². The molecule has 0 radical (unpaired) electrons. The van der Waals surface area contributed by atoms with Crippen LogP contribution in [0.15, 0.2) is 35.1 Å². The molecule has 2 unspecified atom stereocenters. The maximum absolute atomic E-state index is 13.3. The lowest BCUT2D eigenvalue weighted by molar-refractivity contribution is -0.390. The number of benzene rings is 1. The molecule has 7 rings (SSSR count). The number of rotatable bonds is 7. The Morgan fingerprint density at radius 1 is 1.13 bits per heavy atom. The van der Waals surface area contributed by atoms with Gasteiger partial charge in [-0.1, -0.05) is 40.9 Å². The van der Waals surface area contributed by atoms with Crippen LogP contribution in [0.5, 0.6) is 0 Å². The predicted octanol–water partition coefficient (Wildman–Crippen LogP) is 7.08. The molecule has 9 nitrogen and oxygen atoms in total. The minimum absolute atomic E-state index is 0.133. The van der Waals surface area contributed by atoms with Gasteiger partial charge in [0.25, 0.3) is 0 Å². The molecule has 38 heavy (non-hydrogen) atoms. The van der Waals surface area contributed by atoms with Crippen molar-refractivity contribution >= 4 is 68.3 Å². The highest BCUT2D eigenvalue weighted by atomic mass is 79.9. The van der Waals surface area contributed by atoms with Crippen molar-refractivity contribution in [2.75, 3.05) is 5.32 Å². The number of hydrogen-bond donors (Lipinski definition) is 1. The molecule has 2 aromatic heterocycles. The van der Waals surface area contributed by atoms with Crippen LogP contribution in [0.3, 0.4) is 0 Å². The molecule has 13 heteroatoms. The molecular weight excluding hydrogens is 619 g/mol. The largest absolute Gasteiger partial charge is 0.404 e. The first-order valence-corrected chi connectivity index (χ1v) is 14.3. The molecule has 1 amide bonds. The predicted molar refractivity (Wildman–Crippen MR) is 148 cm³/mol. The Hall–Kier alpha value is -2.14. The molecule has 3 aromatic rings. The fourth-order valence-corrected chi connectivity index (χ4v) is 8.58. The van der Waals surface area contributed by atoms with E-state index in [4.69, 9.17) is 34.8 Å². The number of carbonyl (C=O) groups excluding carboxylic acids is 1. The van der Waals surface area contributed by atoms with Crippen molar-refractivity contribution in [1.82, 2.24) is 19.6 Å². The molecular formula is C25H24BrCl3N6O3. The molecule has 2 heterocycles. The first-order chi connectivity index (χ1) is 18.0. The molecule has 2 atom stereocenters. The van der Waals surface area contributed by atoms with Gasteiger partial charge in [0.15, 0.2) is 5.82 Å². The number of amides is 1. The van der Waals surface area contributed by atoms with Crippen LogP contribution in [0.1, 0.15) is 50.5 Å². The zero-order valence-corrected chi connectivity index (χ0v) is 24.0. The Morgan fingerprint density at radius 2 is 1.87 bits per heavy atom. The monoisotopic (exact) mass is 640 g/mol. The average Bonchev–Trinajstić information content (AvgIpc) is 3.37. The van der Waals surface area contributed by atoms with Gasteiger partial charge < -0.3 is 15.4 Å².